The number of nitrogens with two attached hydrogens (primary N) is 1. The predicted molar refractivity (Wildman–Crippen MR) is 87.0 cm³/mol. The molecule has 0 saturated heterocycles. The molecule has 0 aromatic carbocycles. The summed E-state index contributed by atoms with van der Waals surface area (Å²) in [6.45, 7) is 2.02. The summed E-state index contributed by atoms with van der Waals surface area (Å²) in [4.78, 5) is 24.4. The highest BCUT2D eigenvalue weighted by molar-refractivity contribution is 7.99. The topological polar surface area (TPSA) is 100 Å². The van der Waals surface area contributed by atoms with Crippen molar-refractivity contribution >= 4 is 41.2 Å². The third-order valence-electron chi connectivity index (χ3n) is 2.46. The number of hydrogen-bond donors (Lipinski definition) is 1. The van der Waals surface area contributed by atoms with Crippen molar-refractivity contribution in [1.29, 1.82) is 0 Å². The van der Waals surface area contributed by atoms with Gasteiger partial charge in [-0.15, -0.1) is 21.5 Å². The molecule has 2 aromatic heterocycles. The minimum atomic E-state index is -0.478. The van der Waals surface area contributed by atoms with Crippen LogP contribution < -0.4 is 11.4 Å². The van der Waals surface area contributed by atoms with Crippen molar-refractivity contribution in [2.24, 2.45) is 0 Å². The number of rotatable bonds is 6. The van der Waals surface area contributed by atoms with Crippen molar-refractivity contribution in [2.45, 2.75) is 12.1 Å². The summed E-state index contributed by atoms with van der Waals surface area (Å²) < 4.78 is 5.67. The predicted octanol–water partition coefficient (Wildman–Crippen LogP) is 1.24. The van der Waals surface area contributed by atoms with E-state index in [1.165, 1.54) is 0 Å². The van der Waals surface area contributed by atoms with Gasteiger partial charge in [0.25, 0.3) is 5.56 Å². The fourth-order valence-electron chi connectivity index (χ4n) is 1.47. The number of aromatic nitrogens is 3. The van der Waals surface area contributed by atoms with Gasteiger partial charge in [-0.2, -0.15) is 4.68 Å². The maximum atomic E-state index is 12.1. The molecule has 0 radical (unpaired) electrons. The summed E-state index contributed by atoms with van der Waals surface area (Å²) in [7, 11) is 0. The highest BCUT2D eigenvalue weighted by atomic mass is 32.2. The van der Waals surface area contributed by atoms with Crippen LogP contribution >= 0.6 is 23.1 Å². The van der Waals surface area contributed by atoms with Crippen LogP contribution in [0.15, 0.2) is 27.5 Å². The number of carbonyl (C=O) groups is 1. The van der Waals surface area contributed by atoms with Gasteiger partial charge in [0.2, 0.25) is 5.16 Å². The van der Waals surface area contributed by atoms with Gasteiger partial charge in [0.05, 0.1) is 12.4 Å². The van der Waals surface area contributed by atoms with Gasteiger partial charge in [0.15, 0.2) is 5.69 Å². The Morgan fingerprint density at radius 1 is 1.50 bits per heavy atom. The lowest BCUT2D eigenvalue weighted by Crippen LogP contribution is -2.32. The number of carbonyl (C=O) groups excluding carboxylic acids is 1. The molecule has 0 spiro atoms. The molecule has 0 fully saturated rings. The number of nitrogen functional groups attached to an aromatic ring is 1. The Bertz CT molecular complexity index is 725. The van der Waals surface area contributed by atoms with Crippen LogP contribution in [0.3, 0.4) is 0 Å². The molecule has 0 amide bonds. The molecule has 0 unspecified atom stereocenters. The maximum Gasteiger partial charge on any atom is 0.316 e. The van der Waals surface area contributed by atoms with Crippen molar-refractivity contribution in [3.63, 3.8) is 0 Å². The number of nitrogens with zero attached hydrogens (tertiary/aromatic N) is 3. The first-order valence-electron chi connectivity index (χ1n) is 6.36. The summed E-state index contributed by atoms with van der Waals surface area (Å²) in [6.07, 6.45) is 3.33. The lowest BCUT2D eigenvalue weighted by Gasteiger charge is -2.05. The quantitative estimate of drug-likeness (QED) is 0.480. The van der Waals surface area contributed by atoms with Crippen molar-refractivity contribution < 1.29 is 9.53 Å². The van der Waals surface area contributed by atoms with E-state index in [0.717, 1.165) is 21.3 Å². The standard InChI is InChI=1S/C13H14N4O3S2/c1-2-20-11(18)8-22-13-16-15-10(12(19)17(13)14)6-5-9-4-3-7-21-9/h3-7H,2,8,14H2,1H3. The van der Waals surface area contributed by atoms with E-state index in [1.54, 1.807) is 30.4 Å². The van der Waals surface area contributed by atoms with Crippen LogP contribution in [0.25, 0.3) is 12.2 Å². The van der Waals surface area contributed by atoms with E-state index in [1.807, 2.05) is 17.5 Å². The lowest BCUT2D eigenvalue weighted by atomic mass is 10.3. The van der Waals surface area contributed by atoms with Crippen LogP contribution in [0, 0.1) is 0 Å². The van der Waals surface area contributed by atoms with Crippen LogP contribution in [-0.2, 0) is 9.53 Å². The Hall–Kier alpha value is -2.13. The van der Waals surface area contributed by atoms with Crippen LogP contribution in [-0.4, -0.2) is 33.2 Å². The fraction of sp³-hybridized carbons (Fsp3) is 0.231. The molecule has 0 aliphatic carbocycles. The fourth-order valence-corrected chi connectivity index (χ4v) is 2.74. The van der Waals surface area contributed by atoms with Gasteiger partial charge in [0, 0.05) is 4.88 Å². The zero-order chi connectivity index (χ0) is 15.9. The molecule has 9 heteroatoms. The van der Waals surface area contributed by atoms with E-state index < -0.39 is 11.5 Å². The third-order valence-corrected chi connectivity index (χ3v) is 4.21. The van der Waals surface area contributed by atoms with Gasteiger partial charge in [-0.25, -0.2) is 0 Å². The summed E-state index contributed by atoms with van der Waals surface area (Å²) in [5.74, 6) is 5.31. The molecule has 0 bridgehead atoms. The second-order valence-electron chi connectivity index (χ2n) is 3.99. The van der Waals surface area contributed by atoms with E-state index in [4.69, 9.17) is 10.6 Å². The SMILES string of the molecule is CCOC(=O)CSc1nnc(C=Cc2cccs2)c(=O)n1N. The van der Waals surface area contributed by atoms with Crippen LogP contribution in [0.4, 0.5) is 0 Å². The van der Waals surface area contributed by atoms with E-state index in [0.29, 0.717) is 6.61 Å². The molecule has 116 valence electrons. The molecule has 0 aliphatic rings. The number of hydrogen-bond acceptors (Lipinski definition) is 8. The van der Waals surface area contributed by atoms with Crippen molar-refractivity contribution in [3.05, 3.63) is 38.4 Å². The molecule has 2 heterocycles. The van der Waals surface area contributed by atoms with Crippen molar-refractivity contribution in [1.82, 2.24) is 14.9 Å². The number of ether oxygens (including phenoxy) is 1. The van der Waals surface area contributed by atoms with E-state index in [9.17, 15) is 9.59 Å². The Labute approximate surface area is 134 Å². The molecule has 0 aliphatic heterocycles. The number of thiophene rings is 1. The van der Waals surface area contributed by atoms with Crippen LogP contribution in [0.1, 0.15) is 17.5 Å². The van der Waals surface area contributed by atoms with Gasteiger partial charge in [0.1, 0.15) is 0 Å². The molecule has 2 rings (SSSR count). The molecule has 2 N–H and O–H groups in total. The highest BCUT2D eigenvalue weighted by Crippen LogP contribution is 2.13. The van der Waals surface area contributed by atoms with E-state index in [-0.39, 0.29) is 16.6 Å². The Kier molecular flexibility index (Phi) is 5.73. The molecule has 7 nitrogen and oxygen atoms in total. The average Bonchev–Trinajstić information content (AvgIpc) is 3.01. The summed E-state index contributed by atoms with van der Waals surface area (Å²) >= 11 is 2.54. The Morgan fingerprint density at radius 2 is 2.32 bits per heavy atom. The number of thioether (sulfide) groups is 1. The lowest BCUT2D eigenvalue weighted by molar-refractivity contribution is -0.139. The van der Waals surface area contributed by atoms with Crippen molar-refractivity contribution in [3.8, 4) is 0 Å². The largest absolute Gasteiger partial charge is 0.465 e. The van der Waals surface area contributed by atoms with Gasteiger partial charge in [-0.1, -0.05) is 17.8 Å². The Balaban J connectivity index is 2.11. The first-order chi connectivity index (χ1) is 10.6. The smallest absolute Gasteiger partial charge is 0.316 e. The molecular weight excluding hydrogens is 324 g/mol. The summed E-state index contributed by atoms with van der Waals surface area (Å²) in [6, 6.07) is 3.82. The highest BCUT2D eigenvalue weighted by Gasteiger charge is 2.11. The van der Waals surface area contributed by atoms with E-state index in [2.05, 4.69) is 10.2 Å². The third kappa shape index (κ3) is 4.18. The van der Waals surface area contributed by atoms with Gasteiger partial charge in [-0.05, 0) is 30.5 Å². The van der Waals surface area contributed by atoms with Crippen molar-refractivity contribution in [2.75, 3.05) is 18.2 Å². The zero-order valence-electron chi connectivity index (χ0n) is 11.8. The second kappa shape index (κ2) is 7.76. The maximum absolute atomic E-state index is 12.1. The second-order valence-corrected chi connectivity index (χ2v) is 5.91. The first kappa shape index (κ1) is 16.2. The Morgan fingerprint density at radius 3 is 3.00 bits per heavy atom. The minimum absolute atomic E-state index is 0.0174. The molecule has 2 aromatic rings. The van der Waals surface area contributed by atoms with Gasteiger partial charge >= 0.3 is 5.97 Å². The molecule has 22 heavy (non-hydrogen) atoms. The van der Waals surface area contributed by atoms with Crippen LogP contribution in [0.5, 0.6) is 0 Å². The average molecular weight is 338 g/mol. The van der Waals surface area contributed by atoms with Crippen LogP contribution in [0.2, 0.25) is 0 Å². The summed E-state index contributed by atoms with van der Waals surface area (Å²) in [5, 5.41) is 9.80. The first-order valence-corrected chi connectivity index (χ1v) is 8.23. The number of esters is 1. The van der Waals surface area contributed by atoms with Gasteiger partial charge < -0.3 is 10.6 Å². The molecular formula is C13H14N4O3S2. The van der Waals surface area contributed by atoms with E-state index >= 15 is 0 Å². The molecule has 0 atom stereocenters. The van der Waals surface area contributed by atoms with Gasteiger partial charge in [-0.3, -0.25) is 9.59 Å². The normalized spacial score (nSPS) is 11.0. The summed E-state index contributed by atoms with van der Waals surface area (Å²) in [5.41, 5.74) is -0.342. The minimum Gasteiger partial charge on any atom is -0.465 e. The monoisotopic (exact) mass is 338 g/mol. The zero-order valence-corrected chi connectivity index (χ0v) is 13.4. The molecule has 0 saturated carbocycles.